The Morgan fingerprint density at radius 3 is 2.63 bits per heavy atom. The molecule has 1 heterocycles. The van der Waals surface area contributed by atoms with Crippen LogP contribution in [0.1, 0.15) is 25.7 Å². The Bertz CT molecular complexity index is 530. The fraction of sp³-hybridized carbons (Fsp3) is 0.583. The van der Waals surface area contributed by atoms with Crippen LogP contribution in [0.15, 0.2) is 23.4 Å². The van der Waals surface area contributed by atoms with Crippen molar-refractivity contribution in [1.82, 2.24) is 9.29 Å². The largest absolute Gasteiger partial charge is 0.329 e. The van der Waals surface area contributed by atoms with Gasteiger partial charge in [-0.2, -0.15) is 4.31 Å². The third kappa shape index (κ3) is 3.10. The highest BCUT2D eigenvalue weighted by molar-refractivity contribution is 7.89. The van der Waals surface area contributed by atoms with E-state index in [4.69, 9.17) is 5.73 Å². The standard InChI is InChI=1S/C12H18FN3O2S/c13-10-7-12(9-15-8-10)19(17,18)16(6-5-14)11-3-1-2-4-11/h7-9,11H,1-6,14H2. The highest BCUT2D eigenvalue weighted by atomic mass is 32.2. The Hall–Kier alpha value is -1.05. The molecule has 106 valence electrons. The van der Waals surface area contributed by atoms with Gasteiger partial charge >= 0.3 is 0 Å². The van der Waals surface area contributed by atoms with Crippen LogP contribution in [0, 0.1) is 5.82 Å². The summed E-state index contributed by atoms with van der Waals surface area (Å²) in [5, 5.41) is 0. The van der Waals surface area contributed by atoms with Crippen molar-refractivity contribution >= 4 is 10.0 Å². The lowest BCUT2D eigenvalue weighted by molar-refractivity contribution is 0.328. The van der Waals surface area contributed by atoms with Crippen molar-refractivity contribution in [2.75, 3.05) is 13.1 Å². The molecule has 1 aliphatic rings. The Morgan fingerprint density at radius 2 is 2.05 bits per heavy atom. The number of rotatable bonds is 5. The van der Waals surface area contributed by atoms with Crippen LogP contribution in [0.2, 0.25) is 0 Å². The minimum atomic E-state index is -3.72. The average molecular weight is 287 g/mol. The van der Waals surface area contributed by atoms with Crippen molar-refractivity contribution in [3.05, 3.63) is 24.3 Å². The fourth-order valence-corrected chi connectivity index (χ4v) is 4.16. The Labute approximate surface area is 112 Å². The number of hydrogen-bond donors (Lipinski definition) is 1. The molecule has 5 nitrogen and oxygen atoms in total. The first-order valence-corrected chi connectivity index (χ1v) is 7.82. The minimum Gasteiger partial charge on any atom is -0.329 e. The maximum Gasteiger partial charge on any atom is 0.245 e. The maximum atomic E-state index is 13.2. The number of nitrogens with two attached hydrogens (primary N) is 1. The molecule has 1 saturated carbocycles. The first-order chi connectivity index (χ1) is 9.05. The molecule has 7 heteroatoms. The molecule has 0 aromatic carbocycles. The highest BCUT2D eigenvalue weighted by Crippen LogP contribution is 2.28. The molecular weight excluding hydrogens is 269 g/mol. The van der Waals surface area contributed by atoms with Crippen LogP contribution in [0.4, 0.5) is 4.39 Å². The number of aromatic nitrogens is 1. The monoisotopic (exact) mass is 287 g/mol. The van der Waals surface area contributed by atoms with Gasteiger partial charge < -0.3 is 5.73 Å². The van der Waals surface area contributed by atoms with Crippen molar-refractivity contribution in [3.63, 3.8) is 0 Å². The summed E-state index contributed by atoms with van der Waals surface area (Å²) >= 11 is 0. The predicted molar refractivity (Wildman–Crippen MR) is 69.4 cm³/mol. The van der Waals surface area contributed by atoms with E-state index < -0.39 is 15.8 Å². The van der Waals surface area contributed by atoms with Gasteiger partial charge in [0.2, 0.25) is 10.0 Å². The van der Waals surface area contributed by atoms with E-state index in [1.54, 1.807) is 0 Å². The van der Waals surface area contributed by atoms with Gasteiger partial charge in [-0.1, -0.05) is 12.8 Å². The zero-order chi connectivity index (χ0) is 13.9. The van der Waals surface area contributed by atoms with Crippen molar-refractivity contribution in [1.29, 1.82) is 0 Å². The summed E-state index contributed by atoms with van der Waals surface area (Å²) in [5.41, 5.74) is 5.51. The molecule has 2 N–H and O–H groups in total. The fourth-order valence-electron chi connectivity index (χ4n) is 2.49. The summed E-state index contributed by atoms with van der Waals surface area (Å²) < 4.78 is 39.6. The molecule has 19 heavy (non-hydrogen) atoms. The van der Waals surface area contributed by atoms with Gasteiger partial charge in [-0.05, 0) is 18.9 Å². The number of hydrogen-bond acceptors (Lipinski definition) is 4. The second kappa shape index (κ2) is 5.94. The molecule has 0 radical (unpaired) electrons. The SMILES string of the molecule is NCCN(C1CCCC1)S(=O)(=O)c1cncc(F)c1. The van der Waals surface area contributed by atoms with Crippen LogP contribution in [-0.4, -0.2) is 36.8 Å². The smallest absolute Gasteiger partial charge is 0.245 e. The quantitative estimate of drug-likeness (QED) is 0.880. The number of halogens is 1. The third-order valence-electron chi connectivity index (χ3n) is 3.37. The Balaban J connectivity index is 2.33. The van der Waals surface area contributed by atoms with Gasteiger partial charge in [0, 0.05) is 25.3 Å². The summed E-state index contributed by atoms with van der Waals surface area (Å²) in [7, 11) is -3.72. The molecule has 0 unspecified atom stereocenters. The normalized spacial score (nSPS) is 17.2. The zero-order valence-electron chi connectivity index (χ0n) is 10.6. The van der Waals surface area contributed by atoms with Gasteiger partial charge in [0.05, 0.1) is 6.20 Å². The second-order valence-corrected chi connectivity index (χ2v) is 6.57. The van der Waals surface area contributed by atoms with E-state index in [0.717, 1.165) is 37.9 Å². The van der Waals surface area contributed by atoms with Gasteiger partial charge in [0.25, 0.3) is 0 Å². The van der Waals surface area contributed by atoms with E-state index >= 15 is 0 Å². The van der Waals surface area contributed by atoms with Gasteiger partial charge in [-0.3, -0.25) is 4.98 Å². The van der Waals surface area contributed by atoms with Gasteiger partial charge in [0.1, 0.15) is 10.7 Å². The van der Waals surface area contributed by atoms with Crippen LogP contribution in [0.5, 0.6) is 0 Å². The first kappa shape index (κ1) is 14.4. The highest BCUT2D eigenvalue weighted by Gasteiger charge is 2.32. The Kier molecular flexibility index (Phi) is 4.49. The summed E-state index contributed by atoms with van der Waals surface area (Å²) in [4.78, 5) is 3.50. The molecule has 1 aromatic heterocycles. The molecule has 0 spiro atoms. The van der Waals surface area contributed by atoms with E-state index in [1.807, 2.05) is 0 Å². The van der Waals surface area contributed by atoms with Crippen molar-refractivity contribution < 1.29 is 12.8 Å². The lowest BCUT2D eigenvalue weighted by Gasteiger charge is -2.27. The molecule has 0 saturated heterocycles. The lowest BCUT2D eigenvalue weighted by atomic mass is 10.2. The molecule has 0 atom stereocenters. The summed E-state index contributed by atoms with van der Waals surface area (Å²) in [6.07, 6.45) is 5.87. The van der Waals surface area contributed by atoms with Crippen LogP contribution in [0.25, 0.3) is 0 Å². The first-order valence-electron chi connectivity index (χ1n) is 6.38. The van der Waals surface area contributed by atoms with Crippen LogP contribution in [-0.2, 0) is 10.0 Å². The van der Waals surface area contributed by atoms with Crippen LogP contribution < -0.4 is 5.73 Å². The van der Waals surface area contributed by atoms with E-state index in [2.05, 4.69) is 4.98 Å². The molecule has 1 aliphatic carbocycles. The van der Waals surface area contributed by atoms with Crippen molar-refractivity contribution in [2.45, 2.75) is 36.6 Å². The van der Waals surface area contributed by atoms with Gasteiger partial charge in [-0.15, -0.1) is 0 Å². The summed E-state index contributed by atoms with van der Waals surface area (Å²) in [6, 6.07) is 0.970. The van der Waals surface area contributed by atoms with E-state index in [0.29, 0.717) is 0 Å². The van der Waals surface area contributed by atoms with Gasteiger partial charge in [-0.25, -0.2) is 12.8 Å². The molecule has 0 aliphatic heterocycles. The maximum absolute atomic E-state index is 13.2. The molecule has 0 amide bonds. The topological polar surface area (TPSA) is 76.3 Å². The average Bonchev–Trinajstić information content (AvgIpc) is 2.89. The van der Waals surface area contributed by atoms with E-state index in [9.17, 15) is 12.8 Å². The third-order valence-corrected chi connectivity index (χ3v) is 5.28. The lowest BCUT2D eigenvalue weighted by Crippen LogP contribution is -2.41. The van der Waals surface area contributed by atoms with Crippen LogP contribution in [0.3, 0.4) is 0 Å². The van der Waals surface area contributed by atoms with E-state index in [-0.39, 0.29) is 24.0 Å². The van der Waals surface area contributed by atoms with Crippen molar-refractivity contribution in [2.24, 2.45) is 5.73 Å². The number of sulfonamides is 1. The molecule has 2 rings (SSSR count). The summed E-state index contributed by atoms with van der Waals surface area (Å²) in [6.45, 7) is 0.502. The van der Waals surface area contributed by atoms with Gasteiger partial charge in [0.15, 0.2) is 0 Å². The summed E-state index contributed by atoms with van der Waals surface area (Å²) in [5.74, 6) is -0.653. The number of pyridine rings is 1. The molecule has 1 fully saturated rings. The number of nitrogens with zero attached hydrogens (tertiary/aromatic N) is 2. The predicted octanol–water partition coefficient (Wildman–Crippen LogP) is 1.11. The molecule has 1 aromatic rings. The second-order valence-electron chi connectivity index (χ2n) is 4.68. The molecular formula is C12H18FN3O2S. The van der Waals surface area contributed by atoms with Crippen molar-refractivity contribution in [3.8, 4) is 0 Å². The Morgan fingerprint density at radius 1 is 1.37 bits per heavy atom. The van der Waals surface area contributed by atoms with Crippen LogP contribution >= 0.6 is 0 Å². The zero-order valence-corrected chi connectivity index (χ0v) is 11.4. The minimum absolute atomic E-state index is 0.0307. The van der Waals surface area contributed by atoms with E-state index in [1.165, 1.54) is 10.5 Å². The molecule has 0 bridgehead atoms.